The number of esters is 1. The molecule has 7 rings (SSSR count). The molecule has 2 N–H and O–H groups in total. The van der Waals surface area contributed by atoms with Crippen LogP contribution in [0.25, 0.3) is 11.0 Å². The number of nitrogens with one attached hydrogen (secondary N) is 2. The Labute approximate surface area is 179 Å². The zero-order valence-corrected chi connectivity index (χ0v) is 17.1. The van der Waals surface area contributed by atoms with Crippen molar-refractivity contribution in [1.82, 2.24) is 15.0 Å². The fourth-order valence-electron chi connectivity index (χ4n) is 6.55. The Kier molecular flexibility index (Phi) is 3.97. The van der Waals surface area contributed by atoms with Gasteiger partial charge in [-0.1, -0.05) is 18.2 Å². The predicted octanol–water partition coefficient (Wildman–Crippen LogP) is 4.09. The molecule has 7 heteroatoms. The monoisotopic (exact) mass is 416 g/mol. The van der Waals surface area contributed by atoms with E-state index < -0.39 is 17.0 Å². The summed E-state index contributed by atoms with van der Waals surface area (Å²) in [7, 11) is 0. The molecule has 1 aromatic carbocycles. The minimum atomic E-state index is -0.579. The van der Waals surface area contributed by atoms with E-state index in [0.717, 1.165) is 43.1 Å². The number of hydrogen-bond acceptors (Lipinski definition) is 5. The fraction of sp³-hybridized carbons (Fsp3) is 0.417. The predicted molar refractivity (Wildman–Crippen MR) is 114 cm³/mol. The van der Waals surface area contributed by atoms with Crippen LogP contribution in [0, 0.1) is 17.3 Å². The number of aromatic nitrogens is 3. The van der Waals surface area contributed by atoms with E-state index in [0.29, 0.717) is 29.9 Å². The molecule has 0 spiro atoms. The lowest BCUT2D eigenvalue weighted by atomic mass is 9.47. The number of para-hydroxylation sites is 2. The molecule has 7 nitrogen and oxygen atoms in total. The molecule has 2 aromatic heterocycles. The van der Waals surface area contributed by atoms with Crippen LogP contribution in [0.4, 0.5) is 5.95 Å². The number of carbonyl (C=O) groups is 2. The van der Waals surface area contributed by atoms with Gasteiger partial charge in [-0.2, -0.15) is 0 Å². The maximum absolute atomic E-state index is 13.5. The van der Waals surface area contributed by atoms with Crippen molar-refractivity contribution < 1.29 is 14.3 Å². The number of imidazole rings is 1. The molecule has 3 aromatic rings. The molecule has 1 amide bonds. The Bertz CT molecular complexity index is 1120. The maximum atomic E-state index is 13.5. The van der Waals surface area contributed by atoms with E-state index >= 15 is 0 Å². The van der Waals surface area contributed by atoms with Crippen LogP contribution in [0.1, 0.15) is 49.0 Å². The second-order valence-electron chi connectivity index (χ2n) is 9.59. The average Bonchev–Trinajstić information content (AvgIpc) is 3.15. The Balaban J connectivity index is 1.26. The van der Waals surface area contributed by atoms with Gasteiger partial charge in [0.2, 0.25) is 11.9 Å². The smallest absolute Gasteiger partial charge is 0.357 e. The van der Waals surface area contributed by atoms with Crippen LogP contribution >= 0.6 is 0 Å². The van der Waals surface area contributed by atoms with Gasteiger partial charge in [-0.3, -0.25) is 10.1 Å². The number of ether oxygens (including phenoxy) is 1. The number of rotatable bonds is 4. The standard InChI is InChI=1S/C24H24N4O3/c29-20(19-7-3-4-8-25-19)31-24-12-15-9-16(13-24)11-23(10-15,14-24)21(30)28-22-26-17-5-1-2-6-18(17)27-22/h1-8,15-16H,9-14H2,(H2,26,27,28,30). The summed E-state index contributed by atoms with van der Waals surface area (Å²) in [4.78, 5) is 38.1. The number of hydrogen-bond donors (Lipinski definition) is 2. The number of carbonyl (C=O) groups excluding carboxylic acids is 2. The third-order valence-electron chi connectivity index (χ3n) is 7.29. The minimum Gasteiger partial charge on any atom is -0.454 e. The zero-order chi connectivity index (χ0) is 21.1. The van der Waals surface area contributed by atoms with Gasteiger partial charge in [0.15, 0.2) is 0 Å². The van der Waals surface area contributed by atoms with E-state index in [9.17, 15) is 9.59 Å². The first-order valence-electron chi connectivity index (χ1n) is 10.9. The quantitative estimate of drug-likeness (QED) is 0.625. The molecule has 2 unspecified atom stereocenters. The summed E-state index contributed by atoms with van der Waals surface area (Å²) in [6, 6.07) is 12.9. The third kappa shape index (κ3) is 3.10. The SMILES string of the molecule is O=C(OC12CC3CC(C1)CC(C(=O)Nc1nc4ccccc4[nH]1)(C3)C2)c1ccccn1. The summed E-state index contributed by atoms with van der Waals surface area (Å²) in [5, 5.41) is 3.03. The minimum absolute atomic E-state index is 0.0149. The molecule has 2 atom stereocenters. The second-order valence-corrected chi connectivity index (χ2v) is 9.59. The number of amides is 1. The van der Waals surface area contributed by atoms with Crippen LogP contribution in [0.3, 0.4) is 0 Å². The Morgan fingerprint density at radius 3 is 2.55 bits per heavy atom. The second kappa shape index (κ2) is 6.64. The average molecular weight is 416 g/mol. The summed E-state index contributed by atoms with van der Waals surface area (Å²) in [6.07, 6.45) is 6.64. The first-order chi connectivity index (χ1) is 15.0. The Hall–Kier alpha value is -3.22. The molecule has 0 saturated heterocycles. The third-order valence-corrected chi connectivity index (χ3v) is 7.29. The molecule has 0 aliphatic heterocycles. The highest BCUT2D eigenvalue weighted by atomic mass is 16.6. The van der Waals surface area contributed by atoms with Crippen molar-refractivity contribution in [2.75, 3.05) is 5.32 Å². The van der Waals surface area contributed by atoms with Gasteiger partial charge in [-0.25, -0.2) is 14.8 Å². The normalized spacial score (nSPS) is 31.0. The molecular formula is C24H24N4O3. The van der Waals surface area contributed by atoms with Crippen LogP contribution in [0.5, 0.6) is 0 Å². The fourth-order valence-corrected chi connectivity index (χ4v) is 6.55. The van der Waals surface area contributed by atoms with E-state index in [2.05, 4.69) is 20.3 Å². The molecule has 4 aliphatic rings. The first kappa shape index (κ1) is 18.5. The van der Waals surface area contributed by atoms with Crippen LogP contribution < -0.4 is 5.32 Å². The number of nitrogens with zero attached hydrogens (tertiary/aromatic N) is 2. The maximum Gasteiger partial charge on any atom is 0.357 e. The number of fused-ring (bicyclic) bond motifs is 1. The van der Waals surface area contributed by atoms with E-state index in [4.69, 9.17) is 4.74 Å². The van der Waals surface area contributed by atoms with Crippen molar-refractivity contribution in [1.29, 1.82) is 0 Å². The van der Waals surface area contributed by atoms with Gasteiger partial charge in [0, 0.05) is 12.6 Å². The van der Waals surface area contributed by atoms with Crippen LogP contribution in [0.2, 0.25) is 0 Å². The summed E-state index contributed by atoms with van der Waals surface area (Å²) >= 11 is 0. The molecule has 2 heterocycles. The van der Waals surface area contributed by atoms with Gasteiger partial charge in [0.25, 0.3) is 0 Å². The van der Waals surface area contributed by atoms with Gasteiger partial charge in [-0.05, 0) is 68.2 Å². The molecule has 4 aliphatic carbocycles. The van der Waals surface area contributed by atoms with E-state index in [1.165, 1.54) is 0 Å². The lowest BCUT2D eigenvalue weighted by Crippen LogP contribution is -2.60. The van der Waals surface area contributed by atoms with Crippen LogP contribution in [0.15, 0.2) is 48.7 Å². The summed E-state index contributed by atoms with van der Waals surface area (Å²) in [6.45, 7) is 0. The van der Waals surface area contributed by atoms with Crippen molar-refractivity contribution >= 4 is 28.9 Å². The van der Waals surface area contributed by atoms with Gasteiger partial charge >= 0.3 is 5.97 Å². The molecule has 31 heavy (non-hydrogen) atoms. The highest BCUT2D eigenvalue weighted by Crippen LogP contribution is 2.63. The number of pyridine rings is 1. The number of H-pyrrole nitrogens is 1. The lowest BCUT2D eigenvalue weighted by Gasteiger charge is -2.60. The highest BCUT2D eigenvalue weighted by molar-refractivity contribution is 5.96. The highest BCUT2D eigenvalue weighted by Gasteiger charge is 2.62. The number of aromatic amines is 1. The molecule has 4 bridgehead atoms. The van der Waals surface area contributed by atoms with Gasteiger partial charge in [0.1, 0.15) is 11.3 Å². The van der Waals surface area contributed by atoms with E-state index in [1.54, 1.807) is 24.4 Å². The van der Waals surface area contributed by atoms with Crippen LogP contribution in [-0.2, 0) is 9.53 Å². The van der Waals surface area contributed by atoms with Gasteiger partial charge < -0.3 is 9.72 Å². The van der Waals surface area contributed by atoms with Crippen molar-refractivity contribution in [3.8, 4) is 0 Å². The molecule has 158 valence electrons. The lowest BCUT2D eigenvalue weighted by molar-refractivity contribution is -0.176. The Morgan fingerprint density at radius 1 is 1.03 bits per heavy atom. The summed E-state index contributed by atoms with van der Waals surface area (Å²) in [5.74, 6) is 0.870. The largest absolute Gasteiger partial charge is 0.454 e. The van der Waals surface area contributed by atoms with Crippen molar-refractivity contribution in [2.45, 2.75) is 44.1 Å². The van der Waals surface area contributed by atoms with Crippen molar-refractivity contribution in [3.63, 3.8) is 0 Å². The van der Waals surface area contributed by atoms with Gasteiger partial charge in [0.05, 0.1) is 16.4 Å². The van der Waals surface area contributed by atoms with E-state index in [-0.39, 0.29) is 5.91 Å². The first-order valence-corrected chi connectivity index (χ1v) is 10.9. The Morgan fingerprint density at radius 2 is 1.81 bits per heavy atom. The number of anilines is 1. The summed E-state index contributed by atoms with van der Waals surface area (Å²) < 4.78 is 6.11. The number of benzene rings is 1. The van der Waals surface area contributed by atoms with E-state index in [1.807, 2.05) is 24.3 Å². The summed E-state index contributed by atoms with van der Waals surface area (Å²) in [5.41, 5.74) is 0.935. The van der Waals surface area contributed by atoms with Crippen molar-refractivity contribution in [3.05, 3.63) is 54.4 Å². The molecule has 4 fully saturated rings. The zero-order valence-electron chi connectivity index (χ0n) is 17.1. The molecule has 0 radical (unpaired) electrons. The molecule has 4 saturated carbocycles. The topological polar surface area (TPSA) is 97.0 Å². The van der Waals surface area contributed by atoms with Crippen LogP contribution in [-0.4, -0.2) is 32.4 Å². The molecular weight excluding hydrogens is 392 g/mol. The van der Waals surface area contributed by atoms with Crippen molar-refractivity contribution in [2.24, 2.45) is 17.3 Å². The van der Waals surface area contributed by atoms with Gasteiger partial charge in [-0.15, -0.1) is 0 Å².